The largest absolute Gasteiger partial charge is 0.471 e. The topological polar surface area (TPSA) is 113 Å². The molecule has 0 aliphatic heterocycles. The van der Waals surface area contributed by atoms with Crippen LogP contribution in [0.1, 0.15) is 37.5 Å². The number of carbonyl (C=O) groups is 2. The first-order valence-electron chi connectivity index (χ1n) is 11.0. The lowest BCUT2D eigenvalue weighted by atomic mass is 10.0. The predicted octanol–water partition coefficient (Wildman–Crippen LogP) is 4.64. The monoisotopic (exact) mass is 520 g/mol. The Balaban J connectivity index is 2.14. The van der Waals surface area contributed by atoms with Crippen LogP contribution in [-0.4, -0.2) is 45.4 Å². The van der Waals surface area contributed by atoms with Gasteiger partial charge in [0.2, 0.25) is 0 Å². The Bertz CT molecular complexity index is 1400. The lowest BCUT2D eigenvalue weighted by molar-refractivity contribution is -0.167. The Kier molecular flexibility index (Phi) is 7.43. The summed E-state index contributed by atoms with van der Waals surface area (Å²) in [7, 11) is 2.92. The van der Waals surface area contributed by atoms with E-state index in [9.17, 15) is 27.2 Å². The van der Waals surface area contributed by atoms with Crippen molar-refractivity contribution in [3.05, 3.63) is 47.0 Å². The van der Waals surface area contributed by atoms with E-state index in [1.165, 1.54) is 30.1 Å². The number of imidazole rings is 1. The number of alkyl halides is 3. The standard InChI is InChI=1S/C24H24F4N6O3/c1-23(2,3)37-22(36)34(5)20-17-18(33(4)12-30-17)15(19(31-20)32-21(35)24(26,27)28)8-6-13-7-9-16(25)14(10-13)11-29/h7,9-10,12H,6,8H2,1-5H3,(H,31,32,35). The van der Waals surface area contributed by atoms with Gasteiger partial charge in [0.25, 0.3) is 0 Å². The molecule has 2 heterocycles. The molecule has 37 heavy (non-hydrogen) atoms. The maximum absolute atomic E-state index is 13.7. The van der Waals surface area contributed by atoms with Crippen molar-refractivity contribution >= 4 is 34.7 Å². The summed E-state index contributed by atoms with van der Waals surface area (Å²) < 4.78 is 60.0. The third-order valence-corrected chi connectivity index (χ3v) is 5.23. The van der Waals surface area contributed by atoms with Crippen molar-refractivity contribution < 1.29 is 31.9 Å². The van der Waals surface area contributed by atoms with Gasteiger partial charge >= 0.3 is 18.2 Å². The third-order valence-electron chi connectivity index (χ3n) is 5.23. The van der Waals surface area contributed by atoms with Gasteiger partial charge in [-0.25, -0.2) is 19.2 Å². The van der Waals surface area contributed by atoms with Gasteiger partial charge < -0.3 is 14.6 Å². The number of aryl methyl sites for hydroxylation is 3. The average molecular weight is 520 g/mol. The maximum atomic E-state index is 13.7. The maximum Gasteiger partial charge on any atom is 0.471 e. The fourth-order valence-corrected chi connectivity index (χ4v) is 3.54. The molecule has 2 aromatic heterocycles. The van der Waals surface area contributed by atoms with Crippen molar-refractivity contribution in [2.45, 2.75) is 45.4 Å². The third kappa shape index (κ3) is 6.14. The molecule has 0 radical (unpaired) electrons. The van der Waals surface area contributed by atoms with Crippen LogP contribution in [-0.2, 0) is 29.4 Å². The summed E-state index contributed by atoms with van der Waals surface area (Å²) in [4.78, 5) is 34.0. The van der Waals surface area contributed by atoms with E-state index in [1.807, 2.05) is 0 Å². The Morgan fingerprint density at radius 2 is 1.89 bits per heavy atom. The zero-order chi connectivity index (χ0) is 27.7. The van der Waals surface area contributed by atoms with Crippen molar-refractivity contribution in [2.75, 3.05) is 17.3 Å². The van der Waals surface area contributed by atoms with E-state index in [4.69, 9.17) is 10.00 Å². The van der Waals surface area contributed by atoms with Crippen LogP contribution in [0, 0.1) is 17.1 Å². The summed E-state index contributed by atoms with van der Waals surface area (Å²) in [5.41, 5.74) is 0.210. The first-order chi connectivity index (χ1) is 17.1. The summed E-state index contributed by atoms with van der Waals surface area (Å²) in [5.74, 6) is -3.50. The van der Waals surface area contributed by atoms with Crippen LogP contribution in [0.5, 0.6) is 0 Å². The van der Waals surface area contributed by atoms with E-state index in [0.717, 1.165) is 11.0 Å². The number of rotatable bonds is 5. The fraction of sp³-hybridized carbons (Fsp3) is 0.375. The molecule has 3 aromatic rings. The number of nitrogens with zero attached hydrogens (tertiary/aromatic N) is 5. The highest BCUT2D eigenvalue weighted by Crippen LogP contribution is 2.33. The number of pyridine rings is 1. The van der Waals surface area contributed by atoms with Gasteiger partial charge in [-0.1, -0.05) is 6.07 Å². The normalized spacial score (nSPS) is 11.8. The second kappa shape index (κ2) is 10.0. The summed E-state index contributed by atoms with van der Waals surface area (Å²) >= 11 is 0. The average Bonchev–Trinajstić information content (AvgIpc) is 3.18. The number of amides is 2. The van der Waals surface area contributed by atoms with Crippen LogP contribution in [0.25, 0.3) is 11.0 Å². The summed E-state index contributed by atoms with van der Waals surface area (Å²) in [6, 6.07) is 5.64. The van der Waals surface area contributed by atoms with Gasteiger partial charge in [-0.2, -0.15) is 18.4 Å². The quantitative estimate of drug-likeness (QED) is 0.491. The molecule has 0 unspecified atom stereocenters. The highest BCUT2D eigenvalue weighted by molar-refractivity contribution is 6.02. The number of halogens is 4. The van der Waals surface area contributed by atoms with Gasteiger partial charge in [0.05, 0.1) is 17.4 Å². The van der Waals surface area contributed by atoms with Gasteiger partial charge in [-0.3, -0.25) is 9.69 Å². The Labute approximate surface area is 209 Å². The van der Waals surface area contributed by atoms with E-state index in [2.05, 4.69) is 9.97 Å². The van der Waals surface area contributed by atoms with Gasteiger partial charge in [0, 0.05) is 19.7 Å². The number of carbonyl (C=O) groups excluding carboxylic acids is 2. The number of fused-ring (bicyclic) bond motifs is 1. The van der Waals surface area contributed by atoms with Crippen LogP contribution < -0.4 is 10.2 Å². The number of nitriles is 1. The number of ether oxygens (including phenoxy) is 1. The molecule has 0 saturated carbocycles. The van der Waals surface area contributed by atoms with E-state index >= 15 is 0 Å². The number of benzene rings is 1. The van der Waals surface area contributed by atoms with Gasteiger partial charge in [-0.05, 0) is 51.3 Å². The SMILES string of the molecule is CN(C(=O)OC(C)(C)C)c1nc(NC(=O)C(F)(F)F)c(CCc2ccc(F)c(C#N)c2)c2c1ncn2C. The van der Waals surface area contributed by atoms with Crippen LogP contribution >= 0.6 is 0 Å². The zero-order valence-electron chi connectivity index (χ0n) is 20.7. The smallest absolute Gasteiger partial charge is 0.443 e. The molecule has 3 rings (SSSR count). The molecule has 1 N–H and O–H groups in total. The van der Waals surface area contributed by atoms with Crippen molar-refractivity contribution in [2.24, 2.45) is 7.05 Å². The highest BCUT2D eigenvalue weighted by Gasteiger charge is 2.40. The van der Waals surface area contributed by atoms with Crippen molar-refractivity contribution in [1.29, 1.82) is 5.26 Å². The van der Waals surface area contributed by atoms with Gasteiger partial charge in [0.1, 0.15) is 28.8 Å². The Hall–Kier alpha value is -4.21. The van der Waals surface area contributed by atoms with Gasteiger partial charge in [-0.15, -0.1) is 0 Å². The second-order valence-corrected chi connectivity index (χ2v) is 9.23. The van der Waals surface area contributed by atoms with E-state index in [-0.39, 0.29) is 35.3 Å². The molecule has 196 valence electrons. The highest BCUT2D eigenvalue weighted by atomic mass is 19.4. The molecule has 0 fully saturated rings. The summed E-state index contributed by atoms with van der Waals surface area (Å²) in [5, 5.41) is 10.9. The van der Waals surface area contributed by atoms with E-state index in [0.29, 0.717) is 11.1 Å². The summed E-state index contributed by atoms with van der Waals surface area (Å²) in [6.45, 7) is 4.94. The molecule has 0 aliphatic rings. The van der Waals surface area contributed by atoms with Crippen LogP contribution in [0.15, 0.2) is 24.5 Å². The van der Waals surface area contributed by atoms with Crippen LogP contribution in [0.2, 0.25) is 0 Å². The number of hydrogen-bond acceptors (Lipinski definition) is 6. The van der Waals surface area contributed by atoms with Crippen molar-refractivity contribution in [3.63, 3.8) is 0 Å². The molecule has 0 spiro atoms. The van der Waals surface area contributed by atoms with Crippen molar-refractivity contribution in [3.8, 4) is 6.07 Å². The number of hydrogen-bond donors (Lipinski definition) is 1. The van der Waals surface area contributed by atoms with E-state index < -0.39 is 35.4 Å². The second-order valence-electron chi connectivity index (χ2n) is 9.23. The summed E-state index contributed by atoms with van der Waals surface area (Å²) in [6.07, 6.45) is -4.42. The molecule has 0 atom stereocenters. The first kappa shape index (κ1) is 27.4. The van der Waals surface area contributed by atoms with Crippen LogP contribution in [0.4, 0.5) is 34.0 Å². The molecule has 0 saturated heterocycles. The number of anilines is 2. The number of nitrogens with one attached hydrogen (secondary N) is 1. The first-order valence-corrected chi connectivity index (χ1v) is 11.0. The molecule has 0 bridgehead atoms. The van der Waals surface area contributed by atoms with Gasteiger partial charge in [0.15, 0.2) is 5.82 Å². The lowest BCUT2D eigenvalue weighted by Gasteiger charge is -2.25. The Morgan fingerprint density at radius 3 is 2.49 bits per heavy atom. The molecule has 2 amide bonds. The van der Waals surface area contributed by atoms with E-state index in [1.54, 1.807) is 39.2 Å². The fourth-order valence-electron chi connectivity index (χ4n) is 3.54. The minimum absolute atomic E-state index is 0.0451. The minimum atomic E-state index is -5.20. The molecule has 9 nitrogen and oxygen atoms in total. The molecule has 13 heteroatoms. The predicted molar refractivity (Wildman–Crippen MR) is 126 cm³/mol. The van der Waals surface area contributed by atoms with Crippen LogP contribution in [0.3, 0.4) is 0 Å². The molecular formula is C24H24F4N6O3. The Morgan fingerprint density at radius 1 is 1.22 bits per heavy atom. The minimum Gasteiger partial charge on any atom is -0.443 e. The lowest BCUT2D eigenvalue weighted by Crippen LogP contribution is -2.35. The molecule has 1 aromatic carbocycles. The number of aromatic nitrogens is 3. The van der Waals surface area contributed by atoms with Crippen molar-refractivity contribution in [1.82, 2.24) is 14.5 Å². The molecule has 0 aliphatic carbocycles. The molecular weight excluding hydrogens is 496 g/mol. The zero-order valence-corrected chi connectivity index (χ0v) is 20.7.